The standard InChI is InChI=1S/C28H19Br2FN2O4S/c1-2-37-27(36)22-23(16-6-4-3-5-7-16)32-28-33(24(22)17-8-10-18(31)11-9-17)26(35)21(38-28)14-15-12-19(29)25(34)20(30)13-15/h3-14,24,34H,2H2,1H3/b21-14-/t24-/m0/s1. The molecule has 0 spiro atoms. The number of carbonyl (C=O) groups is 1. The fourth-order valence-electron chi connectivity index (χ4n) is 4.22. The monoisotopic (exact) mass is 656 g/mol. The lowest BCUT2D eigenvalue weighted by Gasteiger charge is -2.25. The zero-order chi connectivity index (χ0) is 27.0. The summed E-state index contributed by atoms with van der Waals surface area (Å²) in [6.45, 7) is 1.84. The first-order valence-electron chi connectivity index (χ1n) is 11.5. The maximum Gasteiger partial charge on any atom is 0.338 e. The summed E-state index contributed by atoms with van der Waals surface area (Å²) < 4.78 is 22.0. The molecule has 6 nitrogen and oxygen atoms in total. The third kappa shape index (κ3) is 4.91. The van der Waals surface area contributed by atoms with E-state index in [4.69, 9.17) is 9.73 Å². The van der Waals surface area contributed by atoms with Crippen LogP contribution in [-0.4, -0.2) is 22.2 Å². The molecule has 10 heteroatoms. The van der Waals surface area contributed by atoms with Crippen LogP contribution in [0.1, 0.15) is 29.7 Å². The third-order valence-corrected chi connectivity index (χ3v) is 8.09. The largest absolute Gasteiger partial charge is 0.506 e. The van der Waals surface area contributed by atoms with Crippen LogP contribution >= 0.6 is 43.2 Å². The predicted molar refractivity (Wildman–Crippen MR) is 151 cm³/mol. The van der Waals surface area contributed by atoms with Gasteiger partial charge in [-0.3, -0.25) is 9.36 Å². The van der Waals surface area contributed by atoms with Crippen LogP contribution in [0.25, 0.3) is 11.8 Å². The third-order valence-electron chi connectivity index (χ3n) is 5.90. The second kappa shape index (κ2) is 10.8. The van der Waals surface area contributed by atoms with Crippen LogP contribution in [0.3, 0.4) is 0 Å². The number of thiazole rings is 1. The van der Waals surface area contributed by atoms with Crippen LogP contribution in [0.5, 0.6) is 5.75 Å². The van der Waals surface area contributed by atoms with E-state index in [1.54, 1.807) is 37.3 Å². The summed E-state index contributed by atoms with van der Waals surface area (Å²) in [4.78, 5) is 32.4. The number of hydrogen-bond acceptors (Lipinski definition) is 6. The molecule has 0 saturated heterocycles. The van der Waals surface area contributed by atoms with Gasteiger partial charge in [0, 0.05) is 5.56 Å². The lowest BCUT2D eigenvalue weighted by molar-refractivity contribution is -0.138. The number of nitrogens with zero attached hydrogens (tertiary/aromatic N) is 2. The van der Waals surface area contributed by atoms with Gasteiger partial charge in [0.15, 0.2) is 4.80 Å². The van der Waals surface area contributed by atoms with Crippen molar-refractivity contribution in [2.75, 3.05) is 6.61 Å². The highest BCUT2D eigenvalue weighted by atomic mass is 79.9. The number of fused-ring (bicyclic) bond motifs is 1. The van der Waals surface area contributed by atoms with Gasteiger partial charge in [-0.15, -0.1) is 0 Å². The van der Waals surface area contributed by atoms with Crippen LogP contribution in [0, 0.1) is 5.82 Å². The summed E-state index contributed by atoms with van der Waals surface area (Å²) in [5.74, 6) is -0.994. The van der Waals surface area contributed by atoms with Crippen LogP contribution in [0.15, 0.2) is 91.0 Å². The Balaban J connectivity index is 1.83. The van der Waals surface area contributed by atoms with Crippen molar-refractivity contribution < 1.29 is 19.0 Å². The van der Waals surface area contributed by atoms with Crippen LogP contribution in [-0.2, 0) is 9.53 Å². The molecule has 0 radical (unpaired) electrons. The topological polar surface area (TPSA) is 80.9 Å². The molecule has 1 N–H and O–H groups in total. The zero-order valence-electron chi connectivity index (χ0n) is 19.8. The van der Waals surface area contributed by atoms with E-state index in [1.807, 2.05) is 30.3 Å². The Kier molecular flexibility index (Phi) is 7.47. The van der Waals surface area contributed by atoms with Crippen molar-refractivity contribution in [3.05, 3.63) is 123 Å². The van der Waals surface area contributed by atoms with E-state index in [2.05, 4.69) is 31.9 Å². The quantitative estimate of drug-likeness (QED) is 0.295. The fraction of sp³-hybridized carbons (Fsp3) is 0.107. The minimum Gasteiger partial charge on any atom is -0.506 e. The van der Waals surface area contributed by atoms with E-state index in [0.29, 0.717) is 40.7 Å². The minimum atomic E-state index is -0.887. The molecule has 38 heavy (non-hydrogen) atoms. The molecule has 0 amide bonds. The molecule has 0 saturated carbocycles. The predicted octanol–water partition coefficient (Wildman–Crippen LogP) is 5.31. The highest BCUT2D eigenvalue weighted by Crippen LogP contribution is 2.36. The highest BCUT2D eigenvalue weighted by Gasteiger charge is 2.35. The normalized spacial score (nSPS) is 15.3. The lowest BCUT2D eigenvalue weighted by atomic mass is 9.93. The van der Waals surface area contributed by atoms with Crippen LogP contribution in [0.2, 0.25) is 0 Å². The first-order valence-corrected chi connectivity index (χ1v) is 13.9. The van der Waals surface area contributed by atoms with Gasteiger partial charge >= 0.3 is 5.97 Å². The van der Waals surface area contributed by atoms with E-state index in [9.17, 15) is 19.1 Å². The zero-order valence-corrected chi connectivity index (χ0v) is 23.8. The molecular formula is C28H19Br2FN2O4S. The summed E-state index contributed by atoms with van der Waals surface area (Å²) in [7, 11) is 0. The number of hydrogen-bond donors (Lipinski definition) is 1. The first-order chi connectivity index (χ1) is 18.3. The Morgan fingerprint density at radius 3 is 2.42 bits per heavy atom. The molecule has 3 aromatic carbocycles. The Morgan fingerprint density at radius 1 is 1.13 bits per heavy atom. The number of aromatic hydroxyl groups is 1. The van der Waals surface area contributed by atoms with Gasteiger partial charge in [0.05, 0.1) is 37.4 Å². The van der Waals surface area contributed by atoms with Crippen molar-refractivity contribution in [2.45, 2.75) is 13.0 Å². The number of carbonyl (C=O) groups excluding carboxylic acids is 1. The van der Waals surface area contributed by atoms with Gasteiger partial charge in [-0.2, -0.15) is 0 Å². The molecule has 0 aliphatic carbocycles. The Morgan fingerprint density at radius 2 is 1.79 bits per heavy atom. The van der Waals surface area contributed by atoms with E-state index >= 15 is 0 Å². The van der Waals surface area contributed by atoms with E-state index < -0.39 is 17.8 Å². The summed E-state index contributed by atoms with van der Waals surface area (Å²) in [6, 6.07) is 17.4. The molecule has 1 atom stereocenters. The Labute approximate surface area is 237 Å². The van der Waals surface area contributed by atoms with Crippen molar-refractivity contribution in [3.63, 3.8) is 0 Å². The van der Waals surface area contributed by atoms with Crippen LogP contribution in [0.4, 0.5) is 4.39 Å². The van der Waals surface area contributed by atoms with Crippen molar-refractivity contribution >= 4 is 60.9 Å². The van der Waals surface area contributed by atoms with Gasteiger partial charge in [-0.1, -0.05) is 53.8 Å². The number of phenols is 1. The molecule has 5 rings (SSSR count). The molecule has 1 aliphatic rings. The smallest absolute Gasteiger partial charge is 0.338 e. The van der Waals surface area contributed by atoms with Crippen LogP contribution < -0.4 is 14.9 Å². The Bertz CT molecular complexity index is 1740. The molecule has 2 heterocycles. The van der Waals surface area contributed by atoms with Gasteiger partial charge in [0.2, 0.25) is 0 Å². The number of ether oxygens (including phenoxy) is 1. The molecule has 0 fully saturated rings. The van der Waals surface area contributed by atoms with Gasteiger partial charge in [0.25, 0.3) is 5.56 Å². The molecule has 1 aromatic heterocycles. The molecule has 0 bridgehead atoms. The summed E-state index contributed by atoms with van der Waals surface area (Å²) in [6.07, 6.45) is 1.69. The number of halogens is 3. The average Bonchev–Trinajstić information content (AvgIpc) is 3.21. The highest BCUT2D eigenvalue weighted by molar-refractivity contribution is 9.11. The summed E-state index contributed by atoms with van der Waals surface area (Å²) >= 11 is 7.81. The maximum absolute atomic E-state index is 13.9. The Hall–Kier alpha value is -3.34. The lowest BCUT2D eigenvalue weighted by Crippen LogP contribution is -2.40. The number of phenolic OH excluding ortho intramolecular Hbond substituents is 1. The number of esters is 1. The molecule has 4 aromatic rings. The van der Waals surface area contributed by atoms with Crippen molar-refractivity contribution in [3.8, 4) is 5.75 Å². The van der Waals surface area contributed by atoms with Gasteiger partial charge < -0.3 is 9.84 Å². The fourth-order valence-corrected chi connectivity index (χ4v) is 6.44. The minimum absolute atomic E-state index is 0.0477. The van der Waals surface area contributed by atoms with E-state index in [0.717, 1.165) is 0 Å². The summed E-state index contributed by atoms with van der Waals surface area (Å²) in [5, 5.41) is 10.1. The second-order valence-corrected chi connectivity index (χ2v) is 11.0. The maximum atomic E-state index is 13.9. The van der Waals surface area contributed by atoms with Gasteiger partial charge in [-0.05, 0) is 80.3 Å². The molecular weight excluding hydrogens is 639 g/mol. The van der Waals surface area contributed by atoms with Gasteiger partial charge in [-0.25, -0.2) is 14.2 Å². The number of rotatable bonds is 5. The first kappa shape index (κ1) is 26.3. The summed E-state index contributed by atoms with van der Waals surface area (Å²) in [5.41, 5.74) is 2.11. The number of aromatic nitrogens is 1. The van der Waals surface area contributed by atoms with Crippen molar-refractivity contribution in [2.24, 2.45) is 4.99 Å². The number of benzene rings is 3. The van der Waals surface area contributed by atoms with Gasteiger partial charge in [0.1, 0.15) is 11.6 Å². The van der Waals surface area contributed by atoms with Crippen molar-refractivity contribution in [1.82, 2.24) is 4.57 Å². The SMILES string of the molecule is CCOC(=O)C1=C(c2ccccc2)N=c2s/c(=C\c3cc(Br)c(O)c(Br)c3)c(=O)n2[C@H]1c1ccc(F)cc1. The molecule has 1 aliphatic heterocycles. The second-order valence-electron chi connectivity index (χ2n) is 8.32. The molecule has 192 valence electrons. The van der Waals surface area contributed by atoms with E-state index in [1.165, 1.54) is 28.0 Å². The van der Waals surface area contributed by atoms with Crippen molar-refractivity contribution in [1.29, 1.82) is 0 Å². The average molecular weight is 658 g/mol. The van der Waals surface area contributed by atoms with E-state index in [-0.39, 0.29) is 23.5 Å². The molecule has 0 unspecified atom stereocenters.